The zero-order valence-electron chi connectivity index (χ0n) is 40.4. The number of halogens is 2. The van der Waals surface area contributed by atoms with Gasteiger partial charge in [0, 0.05) is 0 Å². The molecule has 12 rings (SSSR count). The number of benzene rings is 8. The van der Waals surface area contributed by atoms with Crippen LogP contribution in [0.1, 0.15) is 79.6 Å². The van der Waals surface area contributed by atoms with Gasteiger partial charge in [-0.1, -0.05) is 72.5 Å². The van der Waals surface area contributed by atoms with E-state index >= 15 is 0 Å². The topological polar surface area (TPSA) is 0 Å². The molecular weight excluding hydrogens is 959 g/mol. The Morgan fingerprint density at radius 3 is 0.971 bits per heavy atom. The molecule has 0 N–H and O–H groups in total. The van der Waals surface area contributed by atoms with Gasteiger partial charge in [0.05, 0.1) is 0 Å². The van der Waals surface area contributed by atoms with Gasteiger partial charge in [0.25, 0.3) is 0 Å². The predicted molar refractivity (Wildman–Crippen MR) is 281 cm³/mol. The van der Waals surface area contributed by atoms with Crippen LogP contribution >= 0.6 is 0 Å². The van der Waals surface area contributed by atoms with Crippen molar-refractivity contribution in [3.8, 4) is 22.3 Å². The van der Waals surface area contributed by atoms with E-state index in [2.05, 4.69) is 262 Å². The average Bonchev–Trinajstić information content (AvgIpc) is 4.25. The molecule has 70 heavy (non-hydrogen) atoms. The summed E-state index contributed by atoms with van der Waals surface area (Å²) in [5, 5.41) is 0. The van der Waals surface area contributed by atoms with Gasteiger partial charge in [-0.15, -0.1) is 35.1 Å². The normalized spacial score (nSPS) is 11.8. The van der Waals surface area contributed by atoms with E-state index < -0.39 is 0 Å². The Balaban J connectivity index is 0.000000161. The van der Waals surface area contributed by atoms with Crippen molar-refractivity contribution >= 4 is 7.62 Å². The van der Waals surface area contributed by atoms with Crippen molar-refractivity contribution < 1.29 is 64.8 Å². The number of fused-ring (bicyclic) bond motifs is 6. The third kappa shape index (κ3) is 16.3. The second kappa shape index (κ2) is 29.0. The fourth-order valence-electron chi connectivity index (χ4n) is 8.17. The molecule has 0 bridgehead atoms. The molecule has 0 saturated carbocycles. The van der Waals surface area contributed by atoms with Crippen LogP contribution in [0.25, 0.3) is 22.3 Å². The summed E-state index contributed by atoms with van der Waals surface area (Å²) in [6.07, 6.45) is 22.1. The van der Waals surface area contributed by atoms with E-state index in [-0.39, 0.29) is 24.8 Å². The summed E-state index contributed by atoms with van der Waals surface area (Å²) in [5.41, 5.74) is 21.5. The van der Waals surface area contributed by atoms with E-state index in [4.69, 9.17) is 0 Å². The van der Waals surface area contributed by atoms with Gasteiger partial charge < -0.3 is 24.8 Å². The van der Waals surface area contributed by atoms with Crippen LogP contribution in [-0.2, 0) is 52.8 Å². The number of allylic oxidation sites excluding steroid dienone is 8. The summed E-state index contributed by atoms with van der Waals surface area (Å²) >= 11 is 4.31. The number of aryl methyl sites for hydroxylation is 4. The molecule has 0 nitrogen and oxygen atoms in total. The molecule has 4 aliphatic carbocycles. The van der Waals surface area contributed by atoms with Gasteiger partial charge in [0.2, 0.25) is 0 Å². The average molecular weight is 1020 g/mol. The van der Waals surface area contributed by atoms with E-state index in [0.717, 1.165) is 25.7 Å². The SMILES string of the molecule is Cc1[c-]c2c(cc1)-c1ccc(C)cc1C2.Cc1[c-]c2c(cc1)-c1ccc(C)cc1C2.[C-]1=CC=CC1.[C-]1=CC=CC1.[Cl-].[Cl-].[Ti+2]=[C](c1ccccc1)c1ccccc1.[Ti+2]=[C](c1ccccc1)c1ccccc1. The fourth-order valence-corrected chi connectivity index (χ4v) is 9.21. The third-order valence-electron chi connectivity index (χ3n) is 11.6. The van der Waals surface area contributed by atoms with Crippen LogP contribution in [0, 0.1) is 52.0 Å². The molecule has 0 unspecified atom stereocenters. The van der Waals surface area contributed by atoms with Gasteiger partial charge in [0.15, 0.2) is 0 Å². The Kier molecular flexibility index (Phi) is 22.9. The molecule has 0 saturated heterocycles. The summed E-state index contributed by atoms with van der Waals surface area (Å²) in [4.78, 5) is 0. The zero-order valence-corrected chi connectivity index (χ0v) is 45.0. The van der Waals surface area contributed by atoms with Gasteiger partial charge in [0.1, 0.15) is 0 Å². The molecule has 344 valence electrons. The van der Waals surface area contributed by atoms with E-state index in [1.54, 1.807) is 0 Å². The second-order valence-corrected chi connectivity index (χ2v) is 18.5. The molecule has 0 fully saturated rings. The van der Waals surface area contributed by atoms with Crippen molar-refractivity contribution in [3.05, 3.63) is 309 Å². The first-order chi connectivity index (χ1) is 33.2. The van der Waals surface area contributed by atoms with Crippen LogP contribution in [-0.4, -0.2) is 7.62 Å². The number of hydrogen-bond donors (Lipinski definition) is 0. The molecule has 0 amide bonds. The summed E-state index contributed by atoms with van der Waals surface area (Å²) in [6.45, 7) is 8.51. The van der Waals surface area contributed by atoms with Crippen LogP contribution in [0.15, 0.2) is 218 Å². The van der Waals surface area contributed by atoms with Crippen LogP contribution in [0.4, 0.5) is 0 Å². The molecular formula is C66H56Cl2Ti2-2. The maximum atomic E-state index is 3.45. The third-order valence-corrected chi connectivity index (χ3v) is 13.4. The fraction of sp³-hybridized carbons (Fsp3) is 0.121. The molecule has 0 aromatic heterocycles. The van der Waals surface area contributed by atoms with Crippen LogP contribution < -0.4 is 24.8 Å². The summed E-state index contributed by atoms with van der Waals surface area (Å²) in [7, 11) is 0. The summed E-state index contributed by atoms with van der Waals surface area (Å²) < 4.78 is 2.65. The van der Waals surface area contributed by atoms with Crippen molar-refractivity contribution in [2.24, 2.45) is 0 Å². The molecule has 4 aliphatic rings. The van der Waals surface area contributed by atoms with E-state index in [1.165, 1.54) is 96.6 Å². The molecule has 0 aliphatic heterocycles. The molecule has 8 aromatic carbocycles. The Morgan fingerprint density at radius 1 is 0.386 bits per heavy atom. The van der Waals surface area contributed by atoms with Gasteiger partial charge in [-0.05, 0) is 37.8 Å². The Bertz CT molecular complexity index is 2640. The first-order valence-corrected chi connectivity index (χ1v) is 24.9. The Morgan fingerprint density at radius 2 is 0.700 bits per heavy atom. The Hall–Kier alpha value is -5.53. The van der Waals surface area contributed by atoms with Crippen molar-refractivity contribution in [1.29, 1.82) is 0 Å². The van der Waals surface area contributed by atoms with Crippen LogP contribution in [0.5, 0.6) is 0 Å². The minimum absolute atomic E-state index is 0. The van der Waals surface area contributed by atoms with Gasteiger partial charge in [-0.3, -0.25) is 12.2 Å². The number of rotatable bonds is 4. The molecule has 4 heteroatoms. The zero-order chi connectivity index (χ0) is 47.5. The monoisotopic (exact) mass is 1010 g/mol. The minimum atomic E-state index is 0. The van der Waals surface area contributed by atoms with Gasteiger partial charge >= 0.3 is 191 Å². The van der Waals surface area contributed by atoms with Gasteiger partial charge in [-0.2, -0.15) is 59.7 Å². The maximum absolute atomic E-state index is 3.45. The van der Waals surface area contributed by atoms with Crippen molar-refractivity contribution in [1.82, 2.24) is 0 Å². The number of hydrogen-bond acceptors (Lipinski definition) is 0. The van der Waals surface area contributed by atoms with Crippen molar-refractivity contribution in [3.63, 3.8) is 0 Å². The second-order valence-electron chi connectivity index (χ2n) is 17.0. The van der Waals surface area contributed by atoms with Crippen LogP contribution in [0.3, 0.4) is 0 Å². The quantitative estimate of drug-likeness (QED) is 0.122. The predicted octanol–water partition coefficient (Wildman–Crippen LogP) is 9.57. The summed E-state index contributed by atoms with van der Waals surface area (Å²) in [6, 6.07) is 71.0. The first-order valence-electron chi connectivity index (χ1n) is 23.3. The van der Waals surface area contributed by atoms with E-state index in [0.29, 0.717) is 0 Å². The molecule has 8 aromatic rings. The van der Waals surface area contributed by atoms with E-state index in [1.807, 2.05) is 48.6 Å². The van der Waals surface area contributed by atoms with Gasteiger partial charge in [-0.25, -0.2) is 24.3 Å². The molecule has 0 heterocycles. The van der Waals surface area contributed by atoms with Crippen molar-refractivity contribution in [2.45, 2.75) is 53.4 Å². The van der Waals surface area contributed by atoms with Crippen LogP contribution in [0.2, 0.25) is 0 Å². The Labute approximate surface area is 453 Å². The molecule has 0 spiro atoms. The standard InChI is InChI=1S/2C15H13.2C13H10.2C5H5.2ClH.2Ti/c2*1-10-3-5-14-12(7-10)9-13-8-11(2)4-6-15(13)14;2*1-3-7-12(8-4-1)11-13-9-5-2-6-10-13;2*1-2-4-5-3-1;;;;/h2*3-7H,9H2,1-2H3;2*1-10H;2*1-3H,4H2;2*1H;;/q2*-1;;;2*-1;;;2*+2/p-2. The first kappa shape index (κ1) is 55.4. The molecule has 0 radical (unpaired) electrons. The van der Waals surface area contributed by atoms with Crippen molar-refractivity contribution in [2.75, 3.05) is 0 Å². The van der Waals surface area contributed by atoms with E-state index in [9.17, 15) is 0 Å². The summed E-state index contributed by atoms with van der Waals surface area (Å²) in [5.74, 6) is 0. The molecule has 0 atom stereocenters.